The zero-order chi connectivity index (χ0) is 23.7. The predicted octanol–water partition coefficient (Wildman–Crippen LogP) is 2.94. The number of hydrogen-bond donors (Lipinski definition) is 5. The van der Waals surface area contributed by atoms with Gasteiger partial charge in [0.05, 0.1) is 10.2 Å². The van der Waals surface area contributed by atoms with Crippen molar-refractivity contribution in [2.75, 3.05) is 17.7 Å². The number of carbonyl (C=O) groups excluding carboxylic acids is 2. The number of fused-ring (bicyclic) bond motifs is 1. The van der Waals surface area contributed by atoms with Gasteiger partial charge < -0.3 is 20.8 Å². The Balaban J connectivity index is 1.88. The molecule has 32 heavy (non-hydrogen) atoms. The van der Waals surface area contributed by atoms with Gasteiger partial charge in [0.2, 0.25) is 5.60 Å². The number of benzene rings is 2. The van der Waals surface area contributed by atoms with E-state index in [0.717, 1.165) is 48.7 Å². The molecular weight excluding hydrogens is 456 g/mol. The normalized spacial score (nSPS) is 14.5. The standard InChI is InChI=1S/C19H16F4N4O4S/c1-24-15(29)14(28)18(31,19(21,22)23)9-2-7-12-13(8-9)32-17(26-12)27-16(30)25-11-5-3-10(20)4-6-11/h2-8,14,28,31H,1H3,(H,24,29)(H2,25,26,27,30)/t14?,18-/m1/s1. The summed E-state index contributed by atoms with van der Waals surface area (Å²) in [6.45, 7) is 0. The van der Waals surface area contributed by atoms with Gasteiger partial charge in [0.25, 0.3) is 5.91 Å². The maximum atomic E-state index is 13.7. The Labute approximate surface area is 181 Å². The van der Waals surface area contributed by atoms with Crippen LogP contribution in [0, 0.1) is 5.82 Å². The van der Waals surface area contributed by atoms with E-state index in [1.54, 1.807) is 0 Å². The molecule has 1 unspecified atom stereocenters. The van der Waals surface area contributed by atoms with Crippen molar-refractivity contribution in [3.8, 4) is 0 Å². The average molecular weight is 472 g/mol. The van der Waals surface area contributed by atoms with E-state index in [-0.39, 0.29) is 15.3 Å². The zero-order valence-electron chi connectivity index (χ0n) is 16.2. The monoisotopic (exact) mass is 472 g/mol. The molecule has 1 aromatic heterocycles. The Morgan fingerprint density at radius 2 is 1.75 bits per heavy atom. The summed E-state index contributed by atoms with van der Waals surface area (Å²) in [5, 5.41) is 26.9. The van der Waals surface area contributed by atoms with E-state index >= 15 is 0 Å². The van der Waals surface area contributed by atoms with Crippen LogP contribution >= 0.6 is 11.3 Å². The number of aliphatic hydroxyl groups excluding tert-OH is 1. The van der Waals surface area contributed by atoms with Crippen LogP contribution in [0.3, 0.4) is 0 Å². The van der Waals surface area contributed by atoms with E-state index in [9.17, 15) is 37.4 Å². The highest BCUT2D eigenvalue weighted by Gasteiger charge is 2.61. The molecule has 3 rings (SSSR count). The van der Waals surface area contributed by atoms with Gasteiger partial charge in [0.1, 0.15) is 5.82 Å². The second-order valence-corrected chi connectivity index (χ2v) is 7.60. The van der Waals surface area contributed by atoms with Crippen LogP contribution < -0.4 is 16.0 Å². The molecule has 3 aromatic rings. The number of alkyl halides is 3. The maximum absolute atomic E-state index is 13.7. The van der Waals surface area contributed by atoms with Crippen LogP contribution in [0.15, 0.2) is 42.5 Å². The first kappa shape index (κ1) is 23.4. The van der Waals surface area contributed by atoms with Crippen molar-refractivity contribution in [2.45, 2.75) is 17.9 Å². The lowest BCUT2D eigenvalue weighted by Gasteiger charge is -2.34. The topological polar surface area (TPSA) is 124 Å². The zero-order valence-corrected chi connectivity index (χ0v) is 17.0. The Kier molecular flexibility index (Phi) is 6.34. The fraction of sp³-hybridized carbons (Fsp3) is 0.211. The third-order valence-electron chi connectivity index (χ3n) is 4.47. The van der Waals surface area contributed by atoms with Crippen molar-refractivity contribution in [1.29, 1.82) is 0 Å². The number of likely N-dealkylation sites (N-methyl/N-ethyl adjacent to an activating group) is 1. The largest absolute Gasteiger partial charge is 0.424 e. The maximum Gasteiger partial charge on any atom is 0.424 e. The first-order valence-corrected chi connectivity index (χ1v) is 9.70. The van der Waals surface area contributed by atoms with Crippen LogP contribution in [-0.2, 0) is 10.4 Å². The molecule has 0 saturated heterocycles. The fourth-order valence-electron chi connectivity index (χ4n) is 2.81. The number of amides is 3. The van der Waals surface area contributed by atoms with Gasteiger partial charge >= 0.3 is 12.2 Å². The number of urea groups is 1. The average Bonchev–Trinajstić information content (AvgIpc) is 3.13. The lowest BCUT2D eigenvalue weighted by atomic mass is 9.86. The van der Waals surface area contributed by atoms with E-state index in [2.05, 4.69) is 15.6 Å². The van der Waals surface area contributed by atoms with Crippen LogP contribution in [0.25, 0.3) is 10.2 Å². The Bertz CT molecular complexity index is 1150. The molecule has 0 aliphatic carbocycles. The molecule has 0 aliphatic heterocycles. The molecule has 0 saturated carbocycles. The summed E-state index contributed by atoms with van der Waals surface area (Å²) < 4.78 is 54.0. The molecule has 0 fully saturated rings. The van der Waals surface area contributed by atoms with Gasteiger partial charge in [0, 0.05) is 12.7 Å². The first-order chi connectivity index (χ1) is 15.0. The van der Waals surface area contributed by atoms with E-state index in [4.69, 9.17) is 0 Å². The van der Waals surface area contributed by atoms with Crippen molar-refractivity contribution in [2.24, 2.45) is 0 Å². The number of hydrogen-bond acceptors (Lipinski definition) is 6. The smallest absolute Gasteiger partial charge is 0.380 e. The SMILES string of the molecule is CNC(=O)C(O)[C@](O)(c1ccc2nc(NC(=O)Nc3ccc(F)cc3)sc2c1)C(F)(F)F. The predicted molar refractivity (Wildman–Crippen MR) is 109 cm³/mol. The van der Waals surface area contributed by atoms with Crippen LogP contribution in [0.1, 0.15) is 5.56 Å². The molecule has 2 atom stereocenters. The van der Waals surface area contributed by atoms with Gasteiger partial charge in [-0.1, -0.05) is 17.4 Å². The number of rotatable bonds is 5. The third-order valence-corrected chi connectivity index (χ3v) is 5.41. The van der Waals surface area contributed by atoms with E-state index in [1.165, 1.54) is 12.1 Å². The molecule has 8 nitrogen and oxygen atoms in total. The number of anilines is 2. The summed E-state index contributed by atoms with van der Waals surface area (Å²) in [6.07, 6.45) is -8.20. The van der Waals surface area contributed by atoms with Gasteiger partial charge in [0.15, 0.2) is 11.2 Å². The highest BCUT2D eigenvalue weighted by molar-refractivity contribution is 7.22. The number of nitrogens with one attached hydrogen (secondary N) is 3. The van der Waals surface area contributed by atoms with Gasteiger partial charge in [-0.25, -0.2) is 14.2 Å². The van der Waals surface area contributed by atoms with Crippen LogP contribution in [0.4, 0.5) is 33.2 Å². The molecule has 0 aliphatic rings. The van der Waals surface area contributed by atoms with Crippen LogP contribution in [0.2, 0.25) is 0 Å². The lowest BCUT2D eigenvalue weighted by molar-refractivity contribution is -0.293. The fourth-order valence-corrected chi connectivity index (χ4v) is 3.71. The van der Waals surface area contributed by atoms with Crippen molar-refractivity contribution in [1.82, 2.24) is 10.3 Å². The lowest BCUT2D eigenvalue weighted by Crippen LogP contribution is -2.57. The number of halogens is 4. The summed E-state index contributed by atoms with van der Waals surface area (Å²) in [5.74, 6) is -1.91. The molecule has 170 valence electrons. The van der Waals surface area contributed by atoms with Gasteiger partial charge in [-0.3, -0.25) is 10.1 Å². The van der Waals surface area contributed by atoms with Crippen molar-refractivity contribution in [3.63, 3.8) is 0 Å². The molecule has 0 spiro atoms. The number of aromatic nitrogens is 1. The second-order valence-electron chi connectivity index (χ2n) is 6.57. The quantitative estimate of drug-likeness (QED) is 0.366. The van der Waals surface area contributed by atoms with Crippen molar-refractivity contribution in [3.05, 3.63) is 53.8 Å². The van der Waals surface area contributed by atoms with Crippen molar-refractivity contribution >= 4 is 44.3 Å². The van der Waals surface area contributed by atoms with E-state index < -0.39 is 41.2 Å². The van der Waals surface area contributed by atoms with Gasteiger partial charge in [-0.05, 0) is 42.0 Å². The molecular formula is C19H16F4N4O4S. The summed E-state index contributed by atoms with van der Waals surface area (Å²) in [6, 6.07) is 7.17. The molecule has 1 heterocycles. The minimum atomic E-state index is -5.38. The molecule has 2 aromatic carbocycles. The van der Waals surface area contributed by atoms with E-state index in [1.807, 2.05) is 5.32 Å². The summed E-state index contributed by atoms with van der Waals surface area (Å²) in [4.78, 5) is 27.8. The third kappa shape index (κ3) is 4.49. The first-order valence-electron chi connectivity index (χ1n) is 8.89. The van der Waals surface area contributed by atoms with Crippen LogP contribution in [-0.4, -0.2) is 46.5 Å². The Morgan fingerprint density at radius 1 is 1.09 bits per heavy atom. The Hall–Kier alpha value is -3.29. The summed E-state index contributed by atoms with van der Waals surface area (Å²) in [7, 11) is 1.02. The summed E-state index contributed by atoms with van der Waals surface area (Å²) in [5.41, 5.74) is -4.15. The molecule has 0 bridgehead atoms. The molecule has 5 N–H and O–H groups in total. The number of thiazole rings is 1. The number of aliphatic hydroxyl groups is 2. The number of nitrogens with zero attached hydrogens (tertiary/aromatic N) is 1. The van der Waals surface area contributed by atoms with Gasteiger partial charge in [-0.15, -0.1) is 0 Å². The van der Waals surface area contributed by atoms with Crippen molar-refractivity contribution < 1.29 is 37.4 Å². The number of carbonyl (C=O) groups is 2. The van der Waals surface area contributed by atoms with Gasteiger partial charge in [-0.2, -0.15) is 13.2 Å². The summed E-state index contributed by atoms with van der Waals surface area (Å²) >= 11 is 0.802. The second kappa shape index (κ2) is 8.68. The van der Waals surface area contributed by atoms with E-state index in [0.29, 0.717) is 5.69 Å². The minimum absolute atomic E-state index is 0.0270. The van der Waals surface area contributed by atoms with Crippen LogP contribution in [0.5, 0.6) is 0 Å². The Morgan fingerprint density at radius 3 is 2.34 bits per heavy atom. The molecule has 0 radical (unpaired) electrons. The minimum Gasteiger partial charge on any atom is -0.380 e. The molecule has 3 amide bonds. The highest BCUT2D eigenvalue weighted by atomic mass is 32.1. The highest BCUT2D eigenvalue weighted by Crippen LogP contribution is 2.43. The molecule has 13 heteroatoms.